The molecule has 1 atom stereocenters. The number of rotatable bonds is 6. The van der Waals surface area contributed by atoms with Gasteiger partial charge in [-0.1, -0.05) is 23.7 Å². The third-order valence-electron chi connectivity index (χ3n) is 5.33. The van der Waals surface area contributed by atoms with Crippen LogP contribution in [0.25, 0.3) is 17.0 Å². The number of phosphoric ester groups is 1. The average molecular weight is 512 g/mol. The number of halogens is 3. The van der Waals surface area contributed by atoms with Crippen molar-refractivity contribution in [2.75, 3.05) is 6.61 Å². The second-order valence-corrected chi connectivity index (χ2v) is 9.12. The maximum atomic E-state index is 13.8. The first kappa shape index (κ1) is 24.1. The predicted octanol–water partition coefficient (Wildman–Crippen LogP) is 4.15. The quantitative estimate of drug-likeness (QED) is 0.223. The number of hydrogen-bond donors (Lipinski definition) is 4. The Balaban J connectivity index is 1.72. The third-order valence-corrected chi connectivity index (χ3v) is 6.23. The molecule has 3 aromatic rings. The van der Waals surface area contributed by atoms with Gasteiger partial charge in [0, 0.05) is 22.2 Å². The minimum Gasteiger partial charge on any atom is -0.360 e. The number of nitrogens with zero attached hydrogens (tertiary/aromatic N) is 1. The number of H-pyrrole nitrogens is 1. The van der Waals surface area contributed by atoms with Gasteiger partial charge in [-0.2, -0.15) is 0 Å². The Bertz CT molecular complexity index is 1400. The van der Waals surface area contributed by atoms with Crippen LogP contribution in [0.4, 0.5) is 13.6 Å². The highest BCUT2D eigenvalue weighted by Crippen LogP contribution is 2.39. The molecule has 9 nitrogen and oxygen atoms in total. The van der Waals surface area contributed by atoms with Crippen LogP contribution in [0.2, 0.25) is 5.02 Å². The molecule has 0 aliphatic carbocycles. The van der Waals surface area contributed by atoms with Crippen molar-refractivity contribution < 1.29 is 37.2 Å². The summed E-state index contributed by atoms with van der Waals surface area (Å²) in [5, 5.41) is 3.68. The van der Waals surface area contributed by atoms with Crippen molar-refractivity contribution in [2.24, 2.45) is 0 Å². The van der Waals surface area contributed by atoms with E-state index in [-0.39, 0.29) is 11.3 Å². The molecule has 0 saturated carbocycles. The van der Waals surface area contributed by atoms with E-state index in [0.717, 1.165) is 34.7 Å². The summed E-state index contributed by atoms with van der Waals surface area (Å²) in [7, 11) is -5.01. The SMILES string of the molecule is Cc1c(Cl)ccc2c(C=C3NC(=O)N(C(COP(=O)(O)O)c4ccc(F)c(F)c4)C3=O)c[nH]c12. The first-order chi connectivity index (χ1) is 16.0. The molecule has 3 amide bonds. The molecule has 34 heavy (non-hydrogen) atoms. The van der Waals surface area contributed by atoms with Gasteiger partial charge in [-0.25, -0.2) is 23.0 Å². The summed E-state index contributed by atoms with van der Waals surface area (Å²) < 4.78 is 43.0. The molecule has 0 radical (unpaired) electrons. The van der Waals surface area contributed by atoms with E-state index in [1.807, 2.05) is 6.92 Å². The Morgan fingerprint density at radius 3 is 2.62 bits per heavy atom. The molecule has 178 valence electrons. The van der Waals surface area contributed by atoms with Crippen LogP contribution in [0.5, 0.6) is 0 Å². The number of aromatic amines is 1. The Hall–Kier alpha value is -3.08. The van der Waals surface area contributed by atoms with Crippen LogP contribution in [0.15, 0.2) is 42.2 Å². The number of aromatic nitrogens is 1. The van der Waals surface area contributed by atoms with Crippen LogP contribution in [0.3, 0.4) is 0 Å². The molecule has 1 fully saturated rings. The Morgan fingerprint density at radius 2 is 1.94 bits per heavy atom. The molecule has 13 heteroatoms. The highest BCUT2D eigenvalue weighted by Gasteiger charge is 2.40. The highest BCUT2D eigenvalue weighted by molar-refractivity contribution is 7.46. The topological polar surface area (TPSA) is 132 Å². The number of carbonyl (C=O) groups excluding carboxylic acids is 2. The maximum Gasteiger partial charge on any atom is 0.469 e. The smallest absolute Gasteiger partial charge is 0.360 e. The molecule has 1 aromatic heterocycles. The van der Waals surface area contributed by atoms with Gasteiger partial charge in [0.15, 0.2) is 11.6 Å². The number of nitrogens with one attached hydrogen (secondary N) is 2. The summed E-state index contributed by atoms with van der Waals surface area (Å²) in [6.45, 7) is 0.961. The van der Waals surface area contributed by atoms with Crippen LogP contribution in [-0.4, -0.2) is 38.2 Å². The normalized spacial score (nSPS) is 16.5. The lowest BCUT2D eigenvalue weighted by atomic mass is 10.1. The van der Waals surface area contributed by atoms with Gasteiger partial charge in [-0.05, 0) is 42.3 Å². The molecular weight excluding hydrogens is 495 g/mol. The number of amides is 3. The number of phosphoric acid groups is 1. The molecule has 2 aromatic carbocycles. The molecule has 1 saturated heterocycles. The van der Waals surface area contributed by atoms with E-state index in [2.05, 4.69) is 14.8 Å². The lowest BCUT2D eigenvalue weighted by Crippen LogP contribution is -2.37. The summed E-state index contributed by atoms with van der Waals surface area (Å²) in [5.41, 5.74) is 1.86. The number of hydrogen-bond acceptors (Lipinski definition) is 4. The lowest BCUT2D eigenvalue weighted by molar-refractivity contribution is -0.125. The zero-order chi connectivity index (χ0) is 24.8. The molecule has 1 aliphatic heterocycles. The van der Waals surface area contributed by atoms with Gasteiger partial charge in [-0.15, -0.1) is 0 Å². The molecule has 4 N–H and O–H groups in total. The fourth-order valence-electron chi connectivity index (χ4n) is 3.65. The van der Waals surface area contributed by atoms with Crippen molar-refractivity contribution in [3.63, 3.8) is 0 Å². The third kappa shape index (κ3) is 4.61. The van der Waals surface area contributed by atoms with Crippen molar-refractivity contribution in [3.8, 4) is 0 Å². The molecule has 4 rings (SSSR count). The first-order valence-electron chi connectivity index (χ1n) is 9.73. The fourth-order valence-corrected chi connectivity index (χ4v) is 4.15. The van der Waals surface area contributed by atoms with Crippen LogP contribution in [0.1, 0.15) is 22.7 Å². The minimum atomic E-state index is -5.01. The van der Waals surface area contributed by atoms with Crippen LogP contribution in [0, 0.1) is 18.6 Å². The number of benzene rings is 2. The van der Waals surface area contributed by atoms with E-state index in [1.54, 1.807) is 18.3 Å². The summed E-state index contributed by atoms with van der Waals surface area (Å²) in [4.78, 5) is 47.6. The standard InChI is InChI=1S/C21H17ClF2N3O6P/c1-10-14(22)4-3-13-12(8-25-19(10)13)7-17-20(28)27(21(29)26-17)18(9-33-34(30,31)32)11-2-5-15(23)16(24)6-11/h2-8,18,25H,9H2,1H3,(H,26,29)(H2,30,31,32). The van der Waals surface area contributed by atoms with Crippen LogP contribution in [-0.2, 0) is 13.9 Å². The van der Waals surface area contributed by atoms with Gasteiger partial charge in [0.05, 0.1) is 18.2 Å². The summed E-state index contributed by atoms with van der Waals surface area (Å²) in [6.07, 6.45) is 3.03. The highest BCUT2D eigenvalue weighted by atomic mass is 35.5. The Kier molecular flexibility index (Phi) is 6.32. The second kappa shape index (κ2) is 8.94. The average Bonchev–Trinajstić information content (AvgIpc) is 3.29. The van der Waals surface area contributed by atoms with E-state index < -0.39 is 44.0 Å². The van der Waals surface area contributed by atoms with Gasteiger partial charge in [0.2, 0.25) is 0 Å². The Morgan fingerprint density at radius 1 is 1.21 bits per heavy atom. The number of urea groups is 1. The zero-order valence-electron chi connectivity index (χ0n) is 17.4. The predicted molar refractivity (Wildman–Crippen MR) is 118 cm³/mol. The van der Waals surface area contributed by atoms with Crippen molar-refractivity contribution >= 4 is 48.3 Å². The number of carbonyl (C=O) groups is 2. The van der Waals surface area contributed by atoms with Gasteiger partial charge in [0.25, 0.3) is 5.91 Å². The fraction of sp³-hybridized carbons (Fsp3) is 0.143. The molecule has 0 spiro atoms. The summed E-state index contributed by atoms with van der Waals surface area (Å²) in [6, 6.07) is 3.62. The molecule has 2 heterocycles. The van der Waals surface area contributed by atoms with Crippen LogP contribution < -0.4 is 5.32 Å². The van der Waals surface area contributed by atoms with Crippen LogP contribution >= 0.6 is 19.4 Å². The zero-order valence-corrected chi connectivity index (χ0v) is 19.0. The van der Waals surface area contributed by atoms with E-state index in [0.29, 0.717) is 15.5 Å². The van der Waals surface area contributed by atoms with E-state index >= 15 is 0 Å². The van der Waals surface area contributed by atoms with Gasteiger partial charge in [-0.3, -0.25) is 9.32 Å². The molecule has 0 bridgehead atoms. The Labute approximate surface area is 196 Å². The van der Waals surface area contributed by atoms with Gasteiger partial charge < -0.3 is 20.1 Å². The molecule has 1 unspecified atom stereocenters. The second-order valence-electron chi connectivity index (χ2n) is 7.48. The maximum absolute atomic E-state index is 13.8. The monoisotopic (exact) mass is 511 g/mol. The minimum absolute atomic E-state index is 0.102. The van der Waals surface area contributed by atoms with Gasteiger partial charge >= 0.3 is 13.9 Å². The van der Waals surface area contributed by atoms with Crippen molar-refractivity contribution in [1.82, 2.24) is 15.2 Å². The number of imide groups is 1. The number of aryl methyl sites for hydroxylation is 1. The first-order valence-corrected chi connectivity index (χ1v) is 11.6. The van der Waals surface area contributed by atoms with Crippen molar-refractivity contribution in [2.45, 2.75) is 13.0 Å². The lowest BCUT2D eigenvalue weighted by Gasteiger charge is -2.25. The van der Waals surface area contributed by atoms with Crippen molar-refractivity contribution in [3.05, 3.63) is 75.6 Å². The molecular formula is C21H17ClF2N3O6P. The summed E-state index contributed by atoms with van der Waals surface area (Å²) in [5.74, 6) is -3.30. The molecule has 1 aliphatic rings. The van der Waals surface area contributed by atoms with E-state index in [9.17, 15) is 22.9 Å². The van der Waals surface area contributed by atoms with E-state index in [1.165, 1.54) is 6.08 Å². The van der Waals surface area contributed by atoms with E-state index in [4.69, 9.17) is 21.4 Å². The largest absolute Gasteiger partial charge is 0.469 e. The summed E-state index contributed by atoms with van der Waals surface area (Å²) >= 11 is 6.13. The number of fused-ring (bicyclic) bond motifs is 1. The van der Waals surface area contributed by atoms with Gasteiger partial charge in [0.1, 0.15) is 5.70 Å². The van der Waals surface area contributed by atoms with Crippen molar-refractivity contribution in [1.29, 1.82) is 0 Å².